The maximum atomic E-state index is 11.8. The number of thioether (sulfide) groups is 1. The first kappa shape index (κ1) is 19.7. The molecule has 0 atom stereocenters. The second kappa shape index (κ2) is 8.79. The number of aromatic nitrogens is 4. The van der Waals surface area contributed by atoms with E-state index in [1.54, 1.807) is 31.6 Å². The number of methoxy groups -OCH3 is 1. The van der Waals surface area contributed by atoms with Gasteiger partial charge in [0.15, 0.2) is 11.0 Å². The van der Waals surface area contributed by atoms with Crippen LogP contribution in [0, 0.1) is 0 Å². The van der Waals surface area contributed by atoms with E-state index in [0.717, 1.165) is 16.8 Å². The molecule has 0 saturated carbocycles. The highest BCUT2D eigenvalue weighted by molar-refractivity contribution is 7.98. The highest BCUT2D eigenvalue weighted by Gasteiger charge is 2.19. The van der Waals surface area contributed by atoms with Gasteiger partial charge in [0.1, 0.15) is 5.75 Å². The Labute approximate surface area is 177 Å². The van der Waals surface area contributed by atoms with Crippen molar-refractivity contribution in [1.82, 2.24) is 19.7 Å². The smallest absolute Gasteiger partial charge is 0.249 e. The van der Waals surface area contributed by atoms with Crippen LogP contribution in [0.4, 0.5) is 0 Å². The van der Waals surface area contributed by atoms with Gasteiger partial charge in [0.2, 0.25) is 5.91 Å². The summed E-state index contributed by atoms with van der Waals surface area (Å²) in [5, 5.41) is 9.51. The molecule has 7 nitrogen and oxygen atoms in total. The third-order valence-corrected chi connectivity index (χ3v) is 5.52. The minimum absolute atomic E-state index is 0.449. The number of ether oxygens (including phenoxy) is 1. The van der Waals surface area contributed by atoms with Crippen LogP contribution < -0.4 is 10.5 Å². The van der Waals surface area contributed by atoms with E-state index in [1.165, 1.54) is 11.8 Å². The van der Waals surface area contributed by atoms with Gasteiger partial charge in [-0.3, -0.25) is 14.3 Å². The summed E-state index contributed by atoms with van der Waals surface area (Å²) in [5.74, 6) is 1.44. The largest absolute Gasteiger partial charge is 0.495 e. The van der Waals surface area contributed by atoms with Gasteiger partial charge in [-0.25, -0.2) is 0 Å². The van der Waals surface area contributed by atoms with Gasteiger partial charge in [0.25, 0.3) is 0 Å². The molecule has 0 aliphatic rings. The Kier molecular flexibility index (Phi) is 5.76. The number of pyridine rings is 1. The second-order valence-electron chi connectivity index (χ2n) is 6.36. The van der Waals surface area contributed by atoms with Crippen LogP contribution >= 0.6 is 11.8 Å². The summed E-state index contributed by atoms with van der Waals surface area (Å²) < 4.78 is 7.52. The van der Waals surface area contributed by atoms with Crippen LogP contribution in [0.25, 0.3) is 17.1 Å². The molecule has 0 spiro atoms. The molecule has 4 rings (SSSR count). The number of nitrogens with zero attached hydrogens (tertiary/aromatic N) is 4. The lowest BCUT2D eigenvalue weighted by molar-refractivity contribution is 0.0999. The molecular formula is C22H19N5O2S. The van der Waals surface area contributed by atoms with Crippen molar-refractivity contribution < 1.29 is 9.53 Å². The van der Waals surface area contributed by atoms with Gasteiger partial charge < -0.3 is 10.5 Å². The fraction of sp³-hybridized carbons (Fsp3) is 0.0909. The summed E-state index contributed by atoms with van der Waals surface area (Å²) in [6.07, 6.45) is 3.43. The topological polar surface area (TPSA) is 95.9 Å². The Morgan fingerprint density at radius 1 is 1.03 bits per heavy atom. The predicted octanol–water partition coefficient (Wildman–Crippen LogP) is 3.73. The van der Waals surface area contributed by atoms with Crippen molar-refractivity contribution >= 4 is 17.7 Å². The van der Waals surface area contributed by atoms with Crippen LogP contribution in [0.3, 0.4) is 0 Å². The summed E-state index contributed by atoms with van der Waals surface area (Å²) >= 11 is 1.47. The van der Waals surface area contributed by atoms with Crippen LogP contribution in [0.5, 0.6) is 5.75 Å². The molecule has 0 radical (unpaired) electrons. The van der Waals surface area contributed by atoms with E-state index in [4.69, 9.17) is 10.5 Å². The average molecular weight is 417 g/mol. The number of hydrogen-bond acceptors (Lipinski definition) is 6. The number of primary amides is 1. The third-order valence-electron chi connectivity index (χ3n) is 4.54. The van der Waals surface area contributed by atoms with Crippen molar-refractivity contribution in [3.63, 3.8) is 0 Å². The lowest BCUT2D eigenvalue weighted by atomic mass is 10.1. The fourth-order valence-electron chi connectivity index (χ4n) is 3.11. The number of carbonyl (C=O) groups is 1. The Morgan fingerprint density at radius 2 is 1.77 bits per heavy atom. The number of rotatable bonds is 7. The van der Waals surface area contributed by atoms with Crippen molar-refractivity contribution in [1.29, 1.82) is 0 Å². The molecular weight excluding hydrogens is 398 g/mol. The molecule has 30 heavy (non-hydrogen) atoms. The van der Waals surface area contributed by atoms with Gasteiger partial charge in [-0.1, -0.05) is 42.1 Å². The highest BCUT2D eigenvalue weighted by atomic mass is 32.2. The number of carbonyl (C=O) groups excluding carboxylic acids is 1. The average Bonchev–Trinajstić information content (AvgIpc) is 3.22. The molecule has 2 N–H and O–H groups in total. The lowest BCUT2D eigenvalue weighted by Gasteiger charge is -2.14. The minimum Gasteiger partial charge on any atom is -0.495 e. The zero-order chi connectivity index (χ0) is 20.9. The number of amides is 1. The zero-order valence-corrected chi connectivity index (χ0v) is 17.0. The normalized spacial score (nSPS) is 10.7. The summed E-state index contributed by atoms with van der Waals surface area (Å²) in [7, 11) is 1.63. The van der Waals surface area contributed by atoms with E-state index in [0.29, 0.717) is 28.0 Å². The first-order chi connectivity index (χ1) is 14.7. The molecule has 4 aromatic rings. The van der Waals surface area contributed by atoms with Gasteiger partial charge >= 0.3 is 0 Å². The Morgan fingerprint density at radius 3 is 2.53 bits per heavy atom. The molecule has 8 heteroatoms. The van der Waals surface area contributed by atoms with Crippen molar-refractivity contribution in [2.24, 2.45) is 5.73 Å². The summed E-state index contributed by atoms with van der Waals surface area (Å²) in [6.45, 7) is 0. The van der Waals surface area contributed by atoms with Crippen LogP contribution in [0.2, 0.25) is 0 Å². The quantitative estimate of drug-likeness (QED) is 0.460. The number of para-hydroxylation sites is 2. The molecule has 1 amide bonds. The zero-order valence-electron chi connectivity index (χ0n) is 16.2. The van der Waals surface area contributed by atoms with Gasteiger partial charge in [0, 0.05) is 29.3 Å². The van der Waals surface area contributed by atoms with Crippen molar-refractivity contribution in [3.05, 3.63) is 84.2 Å². The Hall–Kier alpha value is -3.65. The predicted molar refractivity (Wildman–Crippen MR) is 116 cm³/mol. The molecule has 0 unspecified atom stereocenters. The van der Waals surface area contributed by atoms with Gasteiger partial charge in [-0.2, -0.15) is 0 Å². The van der Waals surface area contributed by atoms with E-state index in [-0.39, 0.29) is 0 Å². The molecule has 0 aliphatic carbocycles. The maximum absolute atomic E-state index is 11.8. The molecule has 2 aromatic heterocycles. The Balaban J connectivity index is 1.78. The lowest BCUT2D eigenvalue weighted by Crippen LogP contribution is -2.13. The van der Waals surface area contributed by atoms with Crippen molar-refractivity contribution in [2.45, 2.75) is 10.9 Å². The SMILES string of the molecule is COc1ccccc1-n1c(SCc2ccccc2C(N)=O)nnc1-c1ccncc1. The third kappa shape index (κ3) is 3.90. The Bertz CT molecular complexity index is 1180. The monoisotopic (exact) mass is 417 g/mol. The van der Waals surface area contributed by atoms with Crippen LogP contribution in [0.1, 0.15) is 15.9 Å². The number of hydrogen-bond donors (Lipinski definition) is 1. The fourth-order valence-corrected chi connectivity index (χ4v) is 4.06. The van der Waals surface area contributed by atoms with Crippen LogP contribution in [-0.4, -0.2) is 32.8 Å². The van der Waals surface area contributed by atoms with Crippen molar-refractivity contribution in [2.75, 3.05) is 7.11 Å². The molecule has 2 heterocycles. The van der Waals surface area contributed by atoms with E-state index < -0.39 is 5.91 Å². The first-order valence-electron chi connectivity index (χ1n) is 9.18. The minimum atomic E-state index is -0.449. The standard InChI is InChI=1S/C22H19N5O2S/c1-29-19-9-5-4-8-18(19)27-21(15-10-12-24-13-11-15)25-26-22(27)30-14-16-6-2-3-7-17(16)20(23)28/h2-13H,14H2,1H3,(H2,23,28). The van der Waals surface area contributed by atoms with Gasteiger partial charge in [-0.05, 0) is 35.9 Å². The van der Waals surface area contributed by atoms with E-state index in [1.807, 2.05) is 53.1 Å². The molecule has 0 fully saturated rings. The van der Waals surface area contributed by atoms with E-state index in [2.05, 4.69) is 15.2 Å². The van der Waals surface area contributed by atoms with Gasteiger partial charge in [0.05, 0.1) is 12.8 Å². The van der Waals surface area contributed by atoms with Crippen LogP contribution in [0.15, 0.2) is 78.2 Å². The van der Waals surface area contributed by atoms with Crippen molar-refractivity contribution in [3.8, 4) is 22.8 Å². The first-order valence-corrected chi connectivity index (χ1v) is 10.2. The molecule has 0 saturated heterocycles. The molecule has 150 valence electrons. The summed E-state index contributed by atoms with van der Waals surface area (Å²) in [6, 6.07) is 18.8. The van der Waals surface area contributed by atoms with E-state index >= 15 is 0 Å². The summed E-state index contributed by atoms with van der Waals surface area (Å²) in [4.78, 5) is 15.8. The second-order valence-corrected chi connectivity index (χ2v) is 7.30. The molecule has 0 aliphatic heterocycles. The molecule has 2 aromatic carbocycles. The van der Waals surface area contributed by atoms with Crippen LogP contribution in [-0.2, 0) is 5.75 Å². The highest BCUT2D eigenvalue weighted by Crippen LogP contribution is 2.33. The van der Waals surface area contributed by atoms with Gasteiger partial charge in [-0.15, -0.1) is 10.2 Å². The molecule has 0 bridgehead atoms. The summed E-state index contributed by atoms with van der Waals surface area (Å²) in [5.41, 5.74) is 8.57. The maximum Gasteiger partial charge on any atom is 0.249 e. The van der Waals surface area contributed by atoms with E-state index in [9.17, 15) is 4.79 Å². The number of benzene rings is 2. The number of nitrogens with two attached hydrogens (primary N) is 1.